The number of hydrogen-bond donors (Lipinski definition) is 0. The Morgan fingerprint density at radius 1 is 0.417 bits per heavy atom. The summed E-state index contributed by atoms with van der Waals surface area (Å²) < 4.78 is 8.75. The van der Waals surface area contributed by atoms with Gasteiger partial charge in [-0.1, -0.05) is 115 Å². The van der Waals surface area contributed by atoms with Crippen LogP contribution in [0.2, 0.25) is 0 Å². The third kappa shape index (κ3) is 3.49. The standard InChI is InChI=1S/C44H25N3O/c1-2-13-29-25-39-35(24-28(29)12-1)41-38(48-39)23-22-37-40(41)33-17-7-8-19-36(33)47(37)44-45-42-31-16-6-4-11-27(31)20-21-34(42)43(46-44)32-18-9-14-26-10-3-5-15-30(26)32/h1-25H. The second kappa shape index (κ2) is 9.50. The van der Waals surface area contributed by atoms with Crippen molar-refractivity contribution in [2.75, 3.05) is 0 Å². The second-order valence-corrected chi connectivity index (χ2v) is 12.6. The number of hydrogen-bond acceptors (Lipinski definition) is 3. The molecule has 0 aliphatic carbocycles. The Labute approximate surface area is 274 Å². The van der Waals surface area contributed by atoms with Crippen molar-refractivity contribution in [1.82, 2.24) is 14.5 Å². The molecule has 0 aliphatic rings. The Morgan fingerprint density at radius 3 is 1.96 bits per heavy atom. The minimum absolute atomic E-state index is 0.644. The predicted molar refractivity (Wildman–Crippen MR) is 199 cm³/mol. The fourth-order valence-corrected chi connectivity index (χ4v) is 7.82. The molecule has 11 rings (SSSR count). The van der Waals surface area contributed by atoms with E-state index >= 15 is 0 Å². The van der Waals surface area contributed by atoms with E-state index in [-0.39, 0.29) is 0 Å². The molecule has 0 bridgehead atoms. The lowest BCUT2D eigenvalue weighted by molar-refractivity contribution is 0.669. The van der Waals surface area contributed by atoms with Crippen molar-refractivity contribution < 1.29 is 4.42 Å². The maximum atomic E-state index is 6.52. The molecule has 0 fully saturated rings. The zero-order valence-corrected chi connectivity index (χ0v) is 25.7. The van der Waals surface area contributed by atoms with Gasteiger partial charge in [-0.15, -0.1) is 0 Å². The Kier molecular flexibility index (Phi) is 5.08. The molecule has 11 aromatic rings. The smallest absolute Gasteiger partial charge is 0.235 e. The number of para-hydroxylation sites is 1. The first-order valence-corrected chi connectivity index (χ1v) is 16.3. The fraction of sp³-hybridized carbons (Fsp3) is 0. The van der Waals surface area contributed by atoms with Crippen molar-refractivity contribution in [3.63, 3.8) is 0 Å². The number of nitrogens with zero attached hydrogens (tertiary/aromatic N) is 3. The minimum Gasteiger partial charge on any atom is -0.456 e. The van der Waals surface area contributed by atoms with Gasteiger partial charge in [-0.3, -0.25) is 4.57 Å². The molecule has 4 heteroatoms. The van der Waals surface area contributed by atoms with E-state index in [9.17, 15) is 0 Å². The van der Waals surface area contributed by atoms with E-state index in [2.05, 4.69) is 156 Å². The molecular weight excluding hydrogens is 587 g/mol. The summed E-state index contributed by atoms with van der Waals surface area (Å²) in [4.78, 5) is 10.9. The van der Waals surface area contributed by atoms with Gasteiger partial charge in [0.25, 0.3) is 0 Å². The first-order valence-electron chi connectivity index (χ1n) is 16.3. The van der Waals surface area contributed by atoms with Gasteiger partial charge in [-0.25, -0.2) is 9.97 Å². The lowest BCUT2D eigenvalue weighted by Crippen LogP contribution is -2.04. The summed E-state index contributed by atoms with van der Waals surface area (Å²) in [7, 11) is 0. The van der Waals surface area contributed by atoms with E-state index < -0.39 is 0 Å². The molecule has 0 atom stereocenters. The van der Waals surface area contributed by atoms with Crippen LogP contribution in [0.1, 0.15) is 0 Å². The first-order chi connectivity index (χ1) is 23.8. The zero-order valence-electron chi connectivity index (χ0n) is 25.7. The Balaban J connectivity index is 1.31. The molecule has 0 unspecified atom stereocenters. The van der Waals surface area contributed by atoms with Crippen molar-refractivity contribution in [2.24, 2.45) is 0 Å². The van der Waals surface area contributed by atoms with Crippen molar-refractivity contribution in [2.45, 2.75) is 0 Å². The van der Waals surface area contributed by atoms with Gasteiger partial charge in [0.2, 0.25) is 5.95 Å². The van der Waals surface area contributed by atoms with Gasteiger partial charge < -0.3 is 4.42 Å². The van der Waals surface area contributed by atoms with Crippen molar-refractivity contribution in [1.29, 1.82) is 0 Å². The maximum Gasteiger partial charge on any atom is 0.235 e. The van der Waals surface area contributed by atoms with Gasteiger partial charge in [0, 0.05) is 37.9 Å². The summed E-state index contributed by atoms with van der Waals surface area (Å²) in [6.45, 7) is 0. The molecule has 3 heterocycles. The van der Waals surface area contributed by atoms with Crippen LogP contribution in [0.4, 0.5) is 0 Å². The molecule has 0 saturated carbocycles. The SMILES string of the molecule is c1ccc2cc3c(cc2c1)oc1ccc2c(c4ccccc4n2-c2nc(-c4cccc5ccccc45)c4ccc5ccccc5c4n2)c13. The normalized spacial score (nSPS) is 12.2. The number of benzene rings is 8. The molecule has 0 radical (unpaired) electrons. The molecule has 3 aromatic heterocycles. The van der Waals surface area contributed by atoms with Crippen molar-refractivity contribution in [3.8, 4) is 17.2 Å². The summed E-state index contributed by atoms with van der Waals surface area (Å²) >= 11 is 0. The Morgan fingerprint density at radius 2 is 1.10 bits per heavy atom. The van der Waals surface area contributed by atoms with Crippen LogP contribution < -0.4 is 0 Å². The lowest BCUT2D eigenvalue weighted by Gasteiger charge is -2.14. The molecule has 222 valence electrons. The van der Waals surface area contributed by atoms with E-state index in [1.54, 1.807) is 0 Å². The van der Waals surface area contributed by atoms with Gasteiger partial charge in [-0.2, -0.15) is 0 Å². The van der Waals surface area contributed by atoms with E-state index in [0.717, 1.165) is 76.7 Å². The van der Waals surface area contributed by atoms with Crippen LogP contribution in [0.25, 0.3) is 104 Å². The average Bonchev–Trinajstić information content (AvgIpc) is 3.68. The fourth-order valence-electron chi connectivity index (χ4n) is 7.82. The summed E-state index contributed by atoms with van der Waals surface area (Å²) in [6, 6.07) is 53.6. The summed E-state index contributed by atoms with van der Waals surface area (Å²) in [5.41, 5.74) is 6.81. The van der Waals surface area contributed by atoms with Crippen LogP contribution in [0.3, 0.4) is 0 Å². The molecule has 8 aromatic carbocycles. The number of furan rings is 1. The molecule has 48 heavy (non-hydrogen) atoms. The lowest BCUT2D eigenvalue weighted by atomic mass is 9.98. The number of rotatable bonds is 2. The maximum absolute atomic E-state index is 6.52. The number of fused-ring (bicyclic) bond motifs is 12. The highest BCUT2D eigenvalue weighted by Crippen LogP contribution is 2.43. The van der Waals surface area contributed by atoms with E-state index in [1.165, 1.54) is 21.5 Å². The van der Waals surface area contributed by atoms with Crippen LogP contribution >= 0.6 is 0 Å². The molecule has 0 aliphatic heterocycles. The summed E-state index contributed by atoms with van der Waals surface area (Å²) in [5, 5.41) is 12.5. The highest BCUT2D eigenvalue weighted by molar-refractivity contribution is 6.28. The topological polar surface area (TPSA) is 43.9 Å². The number of aromatic nitrogens is 3. The molecule has 0 saturated heterocycles. The van der Waals surface area contributed by atoms with Gasteiger partial charge in [-0.05, 0) is 63.3 Å². The predicted octanol–water partition coefficient (Wildman–Crippen LogP) is 11.8. The van der Waals surface area contributed by atoms with E-state index in [1.807, 2.05) is 0 Å². The highest BCUT2D eigenvalue weighted by atomic mass is 16.3. The van der Waals surface area contributed by atoms with E-state index in [4.69, 9.17) is 14.4 Å². The van der Waals surface area contributed by atoms with Crippen molar-refractivity contribution in [3.05, 3.63) is 152 Å². The zero-order chi connectivity index (χ0) is 31.3. The Bertz CT molecular complexity index is 3120. The summed E-state index contributed by atoms with van der Waals surface area (Å²) in [5.74, 6) is 0.644. The van der Waals surface area contributed by atoms with Gasteiger partial charge in [0.1, 0.15) is 11.2 Å². The quantitative estimate of drug-likeness (QED) is 0.183. The van der Waals surface area contributed by atoms with Crippen LogP contribution in [0.15, 0.2) is 156 Å². The van der Waals surface area contributed by atoms with Crippen LogP contribution in [0.5, 0.6) is 0 Å². The van der Waals surface area contributed by atoms with Gasteiger partial charge in [0.15, 0.2) is 0 Å². The summed E-state index contributed by atoms with van der Waals surface area (Å²) in [6.07, 6.45) is 0. The molecule has 0 amide bonds. The molecule has 4 nitrogen and oxygen atoms in total. The Hall–Kier alpha value is -6.52. The largest absolute Gasteiger partial charge is 0.456 e. The second-order valence-electron chi connectivity index (χ2n) is 12.6. The highest BCUT2D eigenvalue weighted by Gasteiger charge is 2.22. The van der Waals surface area contributed by atoms with E-state index in [0.29, 0.717) is 5.95 Å². The molecule has 0 spiro atoms. The van der Waals surface area contributed by atoms with Gasteiger partial charge in [0.05, 0.1) is 22.2 Å². The van der Waals surface area contributed by atoms with Crippen molar-refractivity contribution >= 4 is 87.0 Å². The minimum atomic E-state index is 0.644. The van der Waals surface area contributed by atoms with Gasteiger partial charge >= 0.3 is 0 Å². The monoisotopic (exact) mass is 611 g/mol. The third-order valence-electron chi connectivity index (χ3n) is 9.96. The van der Waals surface area contributed by atoms with Crippen LogP contribution in [-0.4, -0.2) is 14.5 Å². The van der Waals surface area contributed by atoms with Crippen LogP contribution in [-0.2, 0) is 0 Å². The van der Waals surface area contributed by atoms with Crippen LogP contribution in [0, 0.1) is 0 Å². The molecule has 0 N–H and O–H groups in total. The third-order valence-corrected chi connectivity index (χ3v) is 9.96. The average molecular weight is 612 g/mol. The first kappa shape index (κ1) is 25.6. The molecular formula is C44H25N3O.